The van der Waals surface area contributed by atoms with Gasteiger partial charge >= 0.3 is 0 Å². The summed E-state index contributed by atoms with van der Waals surface area (Å²) in [7, 11) is 1.66. The SMILES string of the molecule is COc1ccc([C@@H]2c3c(C)nn(-c4ccccc4)c3Oc3ncn4nc(COc5ccc6ccccc6c5)nc4c32)cc1. The molecule has 9 heteroatoms. The van der Waals surface area contributed by atoms with E-state index >= 15 is 0 Å². The van der Waals surface area contributed by atoms with Crippen molar-refractivity contribution in [1.82, 2.24) is 29.4 Å². The van der Waals surface area contributed by atoms with Gasteiger partial charge in [-0.25, -0.2) is 19.2 Å². The molecule has 210 valence electrons. The van der Waals surface area contributed by atoms with Crippen molar-refractivity contribution in [3.05, 3.63) is 132 Å². The van der Waals surface area contributed by atoms with Crippen LogP contribution < -0.4 is 14.2 Å². The highest BCUT2D eigenvalue weighted by Crippen LogP contribution is 2.49. The molecule has 0 saturated carbocycles. The van der Waals surface area contributed by atoms with Crippen molar-refractivity contribution in [2.45, 2.75) is 19.4 Å². The van der Waals surface area contributed by atoms with Crippen molar-refractivity contribution in [1.29, 1.82) is 0 Å². The van der Waals surface area contributed by atoms with Gasteiger partial charge in [0.05, 0.1) is 35.5 Å². The predicted molar refractivity (Wildman–Crippen MR) is 161 cm³/mol. The van der Waals surface area contributed by atoms with Crippen molar-refractivity contribution in [2.75, 3.05) is 7.11 Å². The van der Waals surface area contributed by atoms with Gasteiger partial charge in [0, 0.05) is 0 Å². The summed E-state index contributed by atoms with van der Waals surface area (Å²) in [6.45, 7) is 2.21. The molecule has 4 aromatic carbocycles. The Morgan fingerprint density at radius 2 is 1.58 bits per heavy atom. The van der Waals surface area contributed by atoms with Crippen molar-refractivity contribution in [2.24, 2.45) is 0 Å². The van der Waals surface area contributed by atoms with E-state index in [1.807, 2.05) is 84.4 Å². The predicted octanol–water partition coefficient (Wildman–Crippen LogP) is 6.65. The molecule has 0 fully saturated rings. The molecule has 8 rings (SSSR count). The Morgan fingerprint density at radius 1 is 0.814 bits per heavy atom. The summed E-state index contributed by atoms with van der Waals surface area (Å²) in [4.78, 5) is 9.63. The minimum absolute atomic E-state index is 0.207. The minimum Gasteiger partial charge on any atom is -0.497 e. The summed E-state index contributed by atoms with van der Waals surface area (Å²) in [5.74, 6) is 2.92. The molecule has 0 radical (unpaired) electrons. The van der Waals surface area contributed by atoms with Gasteiger partial charge in [-0.15, -0.1) is 5.10 Å². The molecular weight excluding hydrogens is 540 g/mol. The number of ether oxygens (including phenoxy) is 3. The molecule has 4 heterocycles. The Kier molecular flexibility index (Phi) is 5.82. The van der Waals surface area contributed by atoms with Crippen LogP contribution in [0.25, 0.3) is 22.1 Å². The molecule has 0 N–H and O–H groups in total. The fraction of sp³-hybridized carbons (Fsp3) is 0.118. The lowest BCUT2D eigenvalue weighted by Gasteiger charge is -2.26. The summed E-state index contributed by atoms with van der Waals surface area (Å²) in [5.41, 5.74) is 5.22. The van der Waals surface area contributed by atoms with Gasteiger partial charge in [0.1, 0.15) is 24.4 Å². The third-order valence-corrected chi connectivity index (χ3v) is 7.80. The first-order chi connectivity index (χ1) is 21.2. The molecule has 43 heavy (non-hydrogen) atoms. The first-order valence-electron chi connectivity index (χ1n) is 14.0. The smallest absolute Gasteiger partial charge is 0.230 e. The number of aryl methyl sites for hydroxylation is 1. The van der Waals surface area contributed by atoms with Crippen LogP contribution in [0.5, 0.6) is 23.3 Å². The highest BCUT2D eigenvalue weighted by Gasteiger charge is 2.38. The van der Waals surface area contributed by atoms with E-state index in [4.69, 9.17) is 34.4 Å². The van der Waals surface area contributed by atoms with E-state index in [2.05, 4.69) is 24.3 Å². The van der Waals surface area contributed by atoms with Crippen LogP contribution >= 0.6 is 0 Å². The van der Waals surface area contributed by atoms with Crippen LogP contribution in [0.4, 0.5) is 0 Å². The van der Waals surface area contributed by atoms with E-state index in [-0.39, 0.29) is 12.5 Å². The normalized spacial score (nSPS) is 13.9. The molecule has 1 atom stereocenters. The molecule has 7 aromatic rings. The average Bonchev–Trinajstić information content (AvgIpc) is 3.63. The number of para-hydroxylation sites is 1. The van der Waals surface area contributed by atoms with Gasteiger partial charge in [-0.3, -0.25) is 0 Å². The van der Waals surface area contributed by atoms with E-state index in [0.29, 0.717) is 23.2 Å². The van der Waals surface area contributed by atoms with Gasteiger partial charge in [-0.2, -0.15) is 5.10 Å². The van der Waals surface area contributed by atoms with Crippen LogP contribution in [0.1, 0.15) is 34.1 Å². The molecule has 9 nitrogen and oxygen atoms in total. The Hall–Kier alpha value is -5.70. The second-order valence-electron chi connectivity index (χ2n) is 10.4. The summed E-state index contributed by atoms with van der Waals surface area (Å²) in [6, 6.07) is 32.2. The molecule has 0 saturated heterocycles. The Bertz CT molecular complexity index is 2120. The maximum Gasteiger partial charge on any atom is 0.230 e. The zero-order chi connectivity index (χ0) is 28.9. The van der Waals surface area contributed by atoms with Crippen molar-refractivity contribution in [3.8, 4) is 28.9 Å². The molecule has 0 unspecified atom stereocenters. The molecule has 3 aromatic heterocycles. The molecule has 0 bridgehead atoms. The summed E-state index contributed by atoms with van der Waals surface area (Å²) >= 11 is 0. The number of rotatable bonds is 6. The zero-order valence-corrected chi connectivity index (χ0v) is 23.5. The third-order valence-electron chi connectivity index (χ3n) is 7.80. The lowest BCUT2D eigenvalue weighted by atomic mass is 9.84. The van der Waals surface area contributed by atoms with Crippen molar-refractivity contribution < 1.29 is 14.2 Å². The quantitative estimate of drug-likeness (QED) is 0.223. The maximum atomic E-state index is 6.52. The fourth-order valence-electron chi connectivity index (χ4n) is 5.76. The number of hydrogen-bond acceptors (Lipinski definition) is 7. The summed E-state index contributed by atoms with van der Waals surface area (Å²) in [5, 5.41) is 11.9. The van der Waals surface area contributed by atoms with Gasteiger partial charge in [0.15, 0.2) is 11.5 Å². The van der Waals surface area contributed by atoms with Crippen LogP contribution in [0, 0.1) is 6.92 Å². The molecule has 0 spiro atoms. The van der Waals surface area contributed by atoms with E-state index in [1.54, 1.807) is 18.0 Å². The van der Waals surface area contributed by atoms with E-state index in [1.165, 1.54) is 0 Å². The molecule has 1 aliphatic rings. The summed E-state index contributed by atoms with van der Waals surface area (Å²) in [6.07, 6.45) is 1.63. The van der Waals surface area contributed by atoms with E-state index in [9.17, 15) is 0 Å². The second-order valence-corrected chi connectivity index (χ2v) is 10.4. The van der Waals surface area contributed by atoms with Gasteiger partial charge in [0.25, 0.3) is 0 Å². The fourth-order valence-corrected chi connectivity index (χ4v) is 5.76. The Labute approximate surface area is 246 Å². The lowest BCUT2D eigenvalue weighted by Crippen LogP contribution is -2.16. The van der Waals surface area contributed by atoms with Crippen molar-refractivity contribution >= 4 is 16.4 Å². The van der Waals surface area contributed by atoms with Crippen molar-refractivity contribution in [3.63, 3.8) is 0 Å². The van der Waals surface area contributed by atoms with Crippen LogP contribution in [0.3, 0.4) is 0 Å². The highest BCUT2D eigenvalue weighted by atomic mass is 16.5. The molecular formula is C34H26N6O3. The highest BCUT2D eigenvalue weighted by molar-refractivity contribution is 5.83. The van der Waals surface area contributed by atoms with Gasteiger partial charge in [-0.05, 0) is 59.7 Å². The Morgan fingerprint density at radius 3 is 2.40 bits per heavy atom. The number of benzene rings is 4. The minimum atomic E-state index is -0.253. The lowest BCUT2D eigenvalue weighted by molar-refractivity contribution is 0.296. The van der Waals surface area contributed by atoms with E-state index < -0.39 is 0 Å². The third kappa shape index (κ3) is 4.25. The molecule has 1 aliphatic heterocycles. The number of hydrogen-bond donors (Lipinski definition) is 0. The first-order valence-corrected chi connectivity index (χ1v) is 14.0. The van der Waals surface area contributed by atoms with Crippen LogP contribution in [0.15, 0.2) is 103 Å². The standard InChI is InChI=1S/C34H26N6O3/c1-21-29-30(23-13-15-26(41-2)16-14-23)31-32-36-28(19-42-27-17-12-22-8-6-7-9-24(22)18-27)38-39(32)20-35-33(31)43-34(29)40(37-21)25-10-4-3-5-11-25/h3-18,20,30H,19H2,1-2H3/t30-/m1/s1. The van der Waals surface area contributed by atoms with Gasteiger partial charge in [-0.1, -0.05) is 60.7 Å². The zero-order valence-electron chi connectivity index (χ0n) is 23.5. The monoisotopic (exact) mass is 566 g/mol. The maximum absolute atomic E-state index is 6.52. The van der Waals surface area contributed by atoms with Gasteiger partial charge < -0.3 is 14.2 Å². The van der Waals surface area contributed by atoms with Crippen LogP contribution in [-0.2, 0) is 6.61 Å². The molecule has 0 aliphatic carbocycles. The summed E-state index contributed by atoms with van der Waals surface area (Å²) < 4.78 is 21.6. The number of aromatic nitrogens is 6. The number of nitrogens with zero attached hydrogens (tertiary/aromatic N) is 6. The van der Waals surface area contributed by atoms with Crippen LogP contribution in [-0.4, -0.2) is 36.5 Å². The first kappa shape index (κ1) is 25.0. The van der Waals surface area contributed by atoms with Gasteiger partial charge in [0.2, 0.25) is 11.8 Å². The average molecular weight is 567 g/mol. The van der Waals surface area contributed by atoms with Crippen LogP contribution in [0.2, 0.25) is 0 Å². The Balaban J connectivity index is 1.23. The largest absolute Gasteiger partial charge is 0.497 e. The molecule has 0 amide bonds. The number of methoxy groups -OCH3 is 1. The second kappa shape index (κ2) is 9.99. The topological polar surface area (TPSA) is 88.6 Å². The number of fused-ring (bicyclic) bond motifs is 5. The van der Waals surface area contributed by atoms with E-state index in [0.717, 1.165) is 50.3 Å².